The van der Waals surface area contributed by atoms with E-state index in [0.717, 1.165) is 37.9 Å². The Morgan fingerprint density at radius 1 is 1.21 bits per heavy atom. The van der Waals surface area contributed by atoms with Crippen molar-refractivity contribution in [2.24, 2.45) is 0 Å². The summed E-state index contributed by atoms with van der Waals surface area (Å²) in [4.78, 5) is 14.4. The first-order chi connectivity index (χ1) is 13.3. The zero-order valence-electron chi connectivity index (χ0n) is 15.6. The number of hydrogen-bond acceptors (Lipinski definition) is 3. The Morgan fingerprint density at radius 3 is 2.61 bits per heavy atom. The summed E-state index contributed by atoms with van der Waals surface area (Å²) in [6, 6.07) is 12.3. The molecule has 2 aromatic carbocycles. The number of likely N-dealkylation sites (tertiary alicyclic amines) is 1. The van der Waals surface area contributed by atoms with Crippen LogP contribution in [0.15, 0.2) is 48.5 Å². The number of rotatable bonds is 5. The van der Waals surface area contributed by atoms with Crippen LogP contribution >= 0.6 is 0 Å². The van der Waals surface area contributed by atoms with Crippen molar-refractivity contribution in [3.63, 3.8) is 0 Å². The first-order valence-electron chi connectivity index (χ1n) is 9.25. The molecule has 4 nitrogen and oxygen atoms in total. The number of carbonyl (C=O) groups is 1. The van der Waals surface area contributed by atoms with Crippen molar-refractivity contribution in [1.82, 2.24) is 4.90 Å². The van der Waals surface area contributed by atoms with Gasteiger partial charge in [-0.3, -0.25) is 5.32 Å². The van der Waals surface area contributed by atoms with E-state index >= 15 is 0 Å². The first kappa shape index (κ1) is 20.2. The molecule has 1 N–H and O–H groups in total. The molecule has 1 heterocycles. The number of hydrogen-bond donors (Lipinski definition) is 1. The fraction of sp³-hybridized carbons (Fsp3) is 0.381. The Kier molecular flexibility index (Phi) is 6.24. The molecule has 3 rings (SSSR count). The van der Waals surface area contributed by atoms with Gasteiger partial charge >= 0.3 is 12.3 Å². The second kappa shape index (κ2) is 8.65. The lowest BCUT2D eigenvalue weighted by Gasteiger charge is -2.19. The third-order valence-corrected chi connectivity index (χ3v) is 5.02. The standard InChI is InChI=1S/C21H23F3N2O2/c1-26-12-5-8-17(26)11-13-28-20(27)25-19-10-9-16(21(22,23)24)14-18(19)15-6-3-2-4-7-15/h2-4,6-7,9-10,14,17H,5,8,11-13H2,1H3,(H,25,27). The Bertz CT molecular complexity index is 809. The Morgan fingerprint density at radius 2 is 1.96 bits per heavy atom. The Hall–Kier alpha value is -2.54. The molecule has 0 spiro atoms. The maximum atomic E-state index is 13.1. The second-order valence-corrected chi connectivity index (χ2v) is 6.95. The number of alkyl halides is 3. The van der Waals surface area contributed by atoms with Crippen molar-refractivity contribution in [2.75, 3.05) is 25.5 Å². The van der Waals surface area contributed by atoms with Gasteiger partial charge in [0.15, 0.2) is 0 Å². The molecule has 0 saturated carbocycles. The van der Waals surface area contributed by atoms with Crippen molar-refractivity contribution >= 4 is 11.8 Å². The lowest BCUT2D eigenvalue weighted by atomic mass is 10.0. The molecule has 0 aromatic heterocycles. The summed E-state index contributed by atoms with van der Waals surface area (Å²) in [6.45, 7) is 1.31. The first-order valence-corrected chi connectivity index (χ1v) is 9.25. The molecule has 1 saturated heterocycles. The SMILES string of the molecule is CN1CCCC1CCOC(=O)Nc1ccc(C(F)(F)F)cc1-c1ccccc1. The zero-order chi connectivity index (χ0) is 20.1. The summed E-state index contributed by atoms with van der Waals surface area (Å²) in [5, 5.41) is 2.58. The summed E-state index contributed by atoms with van der Waals surface area (Å²) in [7, 11) is 2.05. The average molecular weight is 392 g/mol. The highest BCUT2D eigenvalue weighted by molar-refractivity contribution is 5.91. The van der Waals surface area contributed by atoms with Gasteiger partial charge in [0, 0.05) is 11.6 Å². The van der Waals surface area contributed by atoms with Crippen molar-refractivity contribution in [3.8, 4) is 11.1 Å². The predicted molar refractivity (Wildman–Crippen MR) is 102 cm³/mol. The molecule has 0 aliphatic carbocycles. The lowest BCUT2D eigenvalue weighted by molar-refractivity contribution is -0.137. The third kappa shape index (κ3) is 5.04. The number of benzene rings is 2. The van der Waals surface area contributed by atoms with E-state index in [1.807, 2.05) is 7.05 Å². The van der Waals surface area contributed by atoms with E-state index < -0.39 is 17.8 Å². The molecule has 150 valence electrons. The molecule has 0 radical (unpaired) electrons. The number of amides is 1. The summed E-state index contributed by atoms with van der Waals surface area (Å²) < 4.78 is 44.6. The van der Waals surface area contributed by atoms with E-state index in [-0.39, 0.29) is 12.3 Å². The highest BCUT2D eigenvalue weighted by Crippen LogP contribution is 2.36. The van der Waals surface area contributed by atoms with E-state index in [1.165, 1.54) is 6.07 Å². The number of carbonyl (C=O) groups excluding carboxylic acids is 1. The van der Waals surface area contributed by atoms with Gasteiger partial charge in [-0.05, 0) is 56.6 Å². The van der Waals surface area contributed by atoms with Gasteiger partial charge < -0.3 is 9.64 Å². The summed E-state index contributed by atoms with van der Waals surface area (Å²) >= 11 is 0. The largest absolute Gasteiger partial charge is 0.449 e. The minimum atomic E-state index is -4.46. The van der Waals surface area contributed by atoms with Crippen LogP contribution in [0.25, 0.3) is 11.1 Å². The van der Waals surface area contributed by atoms with E-state index in [4.69, 9.17) is 4.74 Å². The topological polar surface area (TPSA) is 41.6 Å². The van der Waals surface area contributed by atoms with E-state index in [1.54, 1.807) is 30.3 Å². The van der Waals surface area contributed by atoms with Gasteiger partial charge in [0.25, 0.3) is 0 Å². The molecular formula is C21H23F3N2O2. The zero-order valence-corrected chi connectivity index (χ0v) is 15.6. The molecule has 1 atom stereocenters. The third-order valence-electron chi connectivity index (χ3n) is 5.02. The molecule has 1 aliphatic rings. The molecule has 28 heavy (non-hydrogen) atoms. The Balaban J connectivity index is 1.71. The van der Waals surface area contributed by atoms with Crippen LogP contribution in [0, 0.1) is 0 Å². The summed E-state index contributed by atoms with van der Waals surface area (Å²) in [5.41, 5.74) is 0.385. The summed E-state index contributed by atoms with van der Waals surface area (Å²) in [5.74, 6) is 0. The molecule has 1 fully saturated rings. The van der Waals surface area contributed by atoms with Crippen molar-refractivity contribution in [1.29, 1.82) is 0 Å². The van der Waals surface area contributed by atoms with Crippen LogP contribution in [-0.2, 0) is 10.9 Å². The van der Waals surface area contributed by atoms with Gasteiger partial charge in [-0.15, -0.1) is 0 Å². The minimum Gasteiger partial charge on any atom is -0.449 e. The van der Waals surface area contributed by atoms with Gasteiger partial charge in [-0.25, -0.2) is 4.79 Å². The number of anilines is 1. The maximum absolute atomic E-state index is 13.1. The van der Waals surface area contributed by atoms with Crippen molar-refractivity contribution in [3.05, 3.63) is 54.1 Å². The Labute approximate surface area is 162 Å². The monoisotopic (exact) mass is 392 g/mol. The molecule has 1 amide bonds. The minimum absolute atomic E-state index is 0.266. The van der Waals surface area contributed by atoms with Gasteiger partial charge in [-0.1, -0.05) is 30.3 Å². The molecule has 0 bridgehead atoms. The molecule has 2 aromatic rings. The highest BCUT2D eigenvalue weighted by Gasteiger charge is 2.31. The smallest absolute Gasteiger partial charge is 0.416 e. The van der Waals surface area contributed by atoms with Crippen LogP contribution in [0.1, 0.15) is 24.8 Å². The van der Waals surface area contributed by atoms with Gasteiger partial charge in [0.1, 0.15) is 0 Å². The highest BCUT2D eigenvalue weighted by atomic mass is 19.4. The van der Waals surface area contributed by atoms with E-state index in [2.05, 4.69) is 10.2 Å². The number of nitrogens with zero attached hydrogens (tertiary/aromatic N) is 1. The van der Waals surface area contributed by atoms with E-state index in [0.29, 0.717) is 17.2 Å². The lowest BCUT2D eigenvalue weighted by Crippen LogP contribution is -2.27. The van der Waals surface area contributed by atoms with Gasteiger partial charge in [0.2, 0.25) is 0 Å². The molecular weight excluding hydrogens is 369 g/mol. The quantitative estimate of drug-likeness (QED) is 0.740. The maximum Gasteiger partial charge on any atom is 0.416 e. The van der Waals surface area contributed by atoms with Crippen molar-refractivity contribution < 1.29 is 22.7 Å². The van der Waals surface area contributed by atoms with Crippen LogP contribution in [-0.4, -0.2) is 37.2 Å². The summed E-state index contributed by atoms with van der Waals surface area (Å²) in [6.07, 6.45) is -2.17. The normalized spacial score (nSPS) is 17.5. The van der Waals surface area contributed by atoms with Crippen LogP contribution in [0.5, 0.6) is 0 Å². The number of nitrogens with one attached hydrogen (secondary N) is 1. The van der Waals surface area contributed by atoms with Gasteiger partial charge in [-0.2, -0.15) is 13.2 Å². The van der Waals surface area contributed by atoms with Crippen LogP contribution in [0.4, 0.5) is 23.7 Å². The van der Waals surface area contributed by atoms with Crippen LogP contribution < -0.4 is 5.32 Å². The van der Waals surface area contributed by atoms with Crippen molar-refractivity contribution in [2.45, 2.75) is 31.5 Å². The van der Waals surface area contributed by atoms with Gasteiger partial charge in [0.05, 0.1) is 17.9 Å². The predicted octanol–water partition coefficient (Wildman–Crippen LogP) is 5.41. The number of ether oxygens (including phenoxy) is 1. The second-order valence-electron chi connectivity index (χ2n) is 6.95. The number of halogens is 3. The molecule has 1 unspecified atom stereocenters. The molecule has 1 aliphatic heterocycles. The molecule has 7 heteroatoms. The average Bonchev–Trinajstić information content (AvgIpc) is 3.07. The van der Waals surface area contributed by atoms with Crippen LogP contribution in [0.2, 0.25) is 0 Å². The fourth-order valence-corrected chi connectivity index (χ4v) is 3.46. The fourth-order valence-electron chi connectivity index (χ4n) is 3.46. The van der Waals surface area contributed by atoms with E-state index in [9.17, 15) is 18.0 Å². The van der Waals surface area contributed by atoms with Crippen LogP contribution in [0.3, 0.4) is 0 Å².